The van der Waals surface area contributed by atoms with Gasteiger partial charge in [-0.15, -0.1) is 12.6 Å². The topological polar surface area (TPSA) is 37.4 Å². The van der Waals surface area contributed by atoms with Crippen LogP contribution in [0.25, 0.3) is 0 Å². The molecule has 0 bridgehead atoms. The van der Waals surface area contributed by atoms with E-state index in [1.54, 1.807) is 11.8 Å². The number of carbonyl (C=O) groups excluding carboxylic acids is 2. The zero-order valence-electron chi connectivity index (χ0n) is 10.1. The number of hydrogen-bond acceptors (Lipinski definition) is 4. The maximum Gasteiger partial charge on any atom is 0.227 e. The first-order valence-corrected chi connectivity index (χ1v) is 7.22. The van der Waals surface area contributed by atoms with Crippen molar-refractivity contribution >= 4 is 41.1 Å². The van der Waals surface area contributed by atoms with Crippen LogP contribution in [0.2, 0.25) is 0 Å². The van der Waals surface area contributed by atoms with E-state index in [-0.39, 0.29) is 16.9 Å². The molecule has 0 spiro atoms. The molecule has 1 fully saturated rings. The van der Waals surface area contributed by atoms with Crippen molar-refractivity contribution in [2.24, 2.45) is 5.92 Å². The highest BCUT2D eigenvalue weighted by molar-refractivity contribution is 8.13. The molecule has 0 aromatic heterocycles. The first-order chi connectivity index (χ1) is 8.56. The highest BCUT2D eigenvalue weighted by atomic mass is 32.2. The molecular formula is C13H15NO2S2. The van der Waals surface area contributed by atoms with Crippen molar-refractivity contribution in [2.45, 2.75) is 18.2 Å². The molecule has 18 heavy (non-hydrogen) atoms. The molecule has 1 atom stereocenters. The van der Waals surface area contributed by atoms with E-state index in [4.69, 9.17) is 0 Å². The third kappa shape index (κ3) is 3.29. The first kappa shape index (κ1) is 13.5. The molecule has 0 N–H and O–H groups in total. The Hall–Kier alpha value is -0.940. The second-order valence-corrected chi connectivity index (χ2v) is 6.11. The highest BCUT2D eigenvalue weighted by Gasteiger charge is 2.30. The fourth-order valence-corrected chi connectivity index (χ4v) is 2.85. The molecule has 1 aromatic rings. The molecule has 1 aromatic carbocycles. The van der Waals surface area contributed by atoms with E-state index in [0.29, 0.717) is 13.0 Å². The number of rotatable bonds is 3. The van der Waals surface area contributed by atoms with Gasteiger partial charge in [0.2, 0.25) is 5.91 Å². The SMILES string of the molecule is CC(=O)SCC1CC(=O)N(c2ccc(S)cc2)C1. The predicted molar refractivity (Wildman–Crippen MR) is 77.3 cm³/mol. The Morgan fingerprint density at radius 3 is 2.72 bits per heavy atom. The van der Waals surface area contributed by atoms with E-state index in [9.17, 15) is 9.59 Å². The van der Waals surface area contributed by atoms with Gasteiger partial charge in [-0.1, -0.05) is 11.8 Å². The number of benzene rings is 1. The Labute approximate surface area is 116 Å². The number of thioether (sulfide) groups is 1. The van der Waals surface area contributed by atoms with Crippen molar-refractivity contribution in [1.29, 1.82) is 0 Å². The highest BCUT2D eigenvalue weighted by Crippen LogP contribution is 2.27. The van der Waals surface area contributed by atoms with Crippen LogP contribution in [0, 0.1) is 5.92 Å². The quantitative estimate of drug-likeness (QED) is 0.865. The standard InChI is InChI=1S/C13H15NO2S2/c1-9(15)18-8-10-6-13(16)14(7-10)11-2-4-12(17)5-3-11/h2-5,10,17H,6-8H2,1H3. The summed E-state index contributed by atoms with van der Waals surface area (Å²) in [4.78, 5) is 25.5. The van der Waals surface area contributed by atoms with E-state index in [0.717, 1.165) is 16.3 Å². The summed E-state index contributed by atoms with van der Waals surface area (Å²) in [5.74, 6) is 1.13. The fourth-order valence-electron chi connectivity index (χ4n) is 2.01. The molecule has 0 radical (unpaired) electrons. The van der Waals surface area contributed by atoms with Crippen LogP contribution < -0.4 is 4.90 Å². The van der Waals surface area contributed by atoms with Crippen molar-refractivity contribution in [3.05, 3.63) is 24.3 Å². The zero-order valence-corrected chi connectivity index (χ0v) is 11.8. The average Bonchev–Trinajstić information content (AvgIpc) is 2.69. The van der Waals surface area contributed by atoms with Crippen LogP contribution >= 0.6 is 24.4 Å². The first-order valence-electron chi connectivity index (χ1n) is 5.79. The lowest BCUT2D eigenvalue weighted by Crippen LogP contribution is -2.24. The van der Waals surface area contributed by atoms with Crippen LogP contribution in [0.5, 0.6) is 0 Å². The van der Waals surface area contributed by atoms with Crippen LogP contribution in [0.15, 0.2) is 29.2 Å². The van der Waals surface area contributed by atoms with Crippen LogP contribution in [-0.4, -0.2) is 23.3 Å². The van der Waals surface area contributed by atoms with Crippen LogP contribution in [0.3, 0.4) is 0 Å². The summed E-state index contributed by atoms with van der Waals surface area (Å²) in [5, 5.41) is 0.111. The molecule has 3 nitrogen and oxygen atoms in total. The lowest BCUT2D eigenvalue weighted by Gasteiger charge is -2.16. The fraction of sp³-hybridized carbons (Fsp3) is 0.385. The Morgan fingerprint density at radius 1 is 1.44 bits per heavy atom. The van der Waals surface area contributed by atoms with Crippen molar-refractivity contribution in [3.8, 4) is 0 Å². The van der Waals surface area contributed by atoms with E-state index in [2.05, 4.69) is 12.6 Å². The monoisotopic (exact) mass is 281 g/mol. The predicted octanol–water partition coefficient (Wildman–Crippen LogP) is 2.61. The van der Waals surface area contributed by atoms with E-state index >= 15 is 0 Å². The number of thiol groups is 1. The summed E-state index contributed by atoms with van der Waals surface area (Å²) in [6.45, 7) is 2.26. The summed E-state index contributed by atoms with van der Waals surface area (Å²) in [6.07, 6.45) is 0.531. The van der Waals surface area contributed by atoms with Gasteiger partial charge in [-0.3, -0.25) is 9.59 Å². The van der Waals surface area contributed by atoms with Crippen molar-refractivity contribution < 1.29 is 9.59 Å². The maximum absolute atomic E-state index is 11.9. The Morgan fingerprint density at radius 2 is 2.11 bits per heavy atom. The van der Waals surface area contributed by atoms with E-state index in [1.165, 1.54) is 11.8 Å². The van der Waals surface area contributed by atoms with Gasteiger partial charge in [0, 0.05) is 36.2 Å². The molecule has 1 aliphatic heterocycles. The summed E-state index contributed by atoms with van der Waals surface area (Å²) >= 11 is 5.53. The number of anilines is 1. The number of amides is 1. The minimum Gasteiger partial charge on any atom is -0.312 e. The van der Waals surface area contributed by atoms with Gasteiger partial charge >= 0.3 is 0 Å². The van der Waals surface area contributed by atoms with Gasteiger partial charge in [0.25, 0.3) is 0 Å². The molecule has 1 aliphatic rings. The molecule has 1 heterocycles. The average molecular weight is 281 g/mol. The minimum absolute atomic E-state index is 0.111. The van der Waals surface area contributed by atoms with E-state index < -0.39 is 0 Å². The summed E-state index contributed by atoms with van der Waals surface area (Å²) in [7, 11) is 0. The zero-order chi connectivity index (χ0) is 13.1. The Balaban J connectivity index is 2.00. The van der Waals surface area contributed by atoms with Crippen LogP contribution in [0.4, 0.5) is 5.69 Å². The van der Waals surface area contributed by atoms with Gasteiger partial charge in [0.15, 0.2) is 5.12 Å². The van der Waals surface area contributed by atoms with Crippen molar-refractivity contribution in [3.63, 3.8) is 0 Å². The number of hydrogen-bond donors (Lipinski definition) is 1. The molecule has 1 saturated heterocycles. The molecule has 96 valence electrons. The van der Waals surface area contributed by atoms with Gasteiger partial charge in [-0.05, 0) is 30.2 Å². The second-order valence-electron chi connectivity index (χ2n) is 4.39. The minimum atomic E-state index is 0.111. The lowest BCUT2D eigenvalue weighted by atomic mass is 10.1. The molecule has 5 heteroatoms. The summed E-state index contributed by atoms with van der Waals surface area (Å²) < 4.78 is 0. The Bertz CT molecular complexity index is 459. The Kier molecular flexibility index (Phi) is 4.35. The maximum atomic E-state index is 11.9. The van der Waals surface area contributed by atoms with E-state index in [1.807, 2.05) is 24.3 Å². The summed E-state index contributed by atoms with van der Waals surface area (Å²) in [5.41, 5.74) is 0.910. The largest absolute Gasteiger partial charge is 0.312 e. The van der Waals surface area contributed by atoms with Gasteiger partial charge in [0.05, 0.1) is 0 Å². The third-order valence-corrected chi connectivity index (χ3v) is 4.23. The van der Waals surface area contributed by atoms with Gasteiger partial charge < -0.3 is 4.90 Å². The number of nitrogens with zero attached hydrogens (tertiary/aromatic N) is 1. The molecule has 1 amide bonds. The van der Waals surface area contributed by atoms with Crippen LogP contribution in [0.1, 0.15) is 13.3 Å². The van der Waals surface area contributed by atoms with Gasteiger partial charge in [-0.2, -0.15) is 0 Å². The van der Waals surface area contributed by atoms with Gasteiger partial charge in [0.1, 0.15) is 0 Å². The van der Waals surface area contributed by atoms with Gasteiger partial charge in [-0.25, -0.2) is 0 Å². The number of carbonyl (C=O) groups is 2. The molecule has 0 saturated carbocycles. The molecular weight excluding hydrogens is 266 g/mol. The normalized spacial score (nSPS) is 19.3. The van der Waals surface area contributed by atoms with Crippen molar-refractivity contribution in [2.75, 3.05) is 17.2 Å². The molecule has 2 rings (SSSR count). The smallest absolute Gasteiger partial charge is 0.227 e. The molecule has 1 unspecified atom stereocenters. The summed E-state index contributed by atoms with van der Waals surface area (Å²) in [6, 6.07) is 7.56. The molecule has 0 aliphatic carbocycles. The van der Waals surface area contributed by atoms with Crippen LogP contribution in [-0.2, 0) is 9.59 Å². The third-order valence-electron chi connectivity index (χ3n) is 2.89. The lowest BCUT2D eigenvalue weighted by molar-refractivity contribution is -0.117. The van der Waals surface area contributed by atoms with Crippen molar-refractivity contribution in [1.82, 2.24) is 0 Å². The second kappa shape index (κ2) is 5.80.